The molecule has 0 saturated carbocycles. The zero-order valence-corrected chi connectivity index (χ0v) is 12.9. The van der Waals surface area contributed by atoms with Crippen molar-refractivity contribution >= 4 is 0 Å². The topological polar surface area (TPSA) is 59.6 Å². The van der Waals surface area contributed by atoms with E-state index < -0.39 is 0 Å². The summed E-state index contributed by atoms with van der Waals surface area (Å²) < 4.78 is 0. The summed E-state index contributed by atoms with van der Waals surface area (Å²) in [5, 5.41) is 20.4. The molecule has 0 spiro atoms. The van der Waals surface area contributed by atoms with Gasteiger partial charge in [-0.25, -0.2) is 0 Å². The first-order valence-electron chi connectivity index (χ1n) is 8.32. The van der Waals surface area contributed by atoms with E-state index in [0.29, 0.717) is 24.7 Å². The summed E-state index contributed by atoms with van der Waals surface area (Å²) in [6, 6.07) is 1.46. The second-order valence-electron chi connectivity index (χ2n) is 6.33. The molecule has 4 N–H and O–H groups in total. The molecule has 5 heteroatoms. The highest BCUT2D eigenvalue weighted by molar-refractivity contribution is 4.83. The van der Waals surface area contributed by atoms with Gasteiger partial charge in [-0.3, -0.25) is 4.90 Å². The Morgan fingerprint density at radius 1 is 1.10 bits per heavy atom. The van der Waals surface area contributed by atoms with Crippen LogP contribution in [0.2, 0.25) is 0 Å². The molecular formula is C15H32N4O. The minimum atomic E-state index is 0.295. The molecule has 0 aromatic rings. The van der Waals surface area contributed by atoms with E-state index in [4.69, 9.17) is 0 Å². The molecule has 4 atom stereocenters. The molecule has 0 amide bonds. The van der Waals surface area contributed by atoms with Gasteiger partial charge in [0.1, 0.15) is 0 Å². The Morgan fingerprint density at radius 3 is 2.85 bits per heavy atom. The Bertz CT molecular complexity index is 264. The molecule has 0 aromatic carbocycles. The summed E-state index contributed by atoms with van der Waals surface area (Å²) in [6.45, 7) is 8.91. The number of piperidine rings is 1. The lowest BCUT2D eigenvalue weighted by Crippen LogP contribution is -2.52. The van der Waals surface area contributed by atoms with Crippen LogP contribution in [0.3, 0.4) is 0 Å². The van der Waals surface area contributed by atoms with Crippen LogP contribution in [0.25, 0.3) is 0 Å². The van der Waals surface area contributed by atoms with E-state index >= 15 is 0 Å². The van der Waals surface area contributed by atoms with Crippen LogP contribution in [-0.2, 0) is 0 Å². The SMILES string of the molecule is CC1CNCCNC2CCCN(C2)C(CO)CCCN1. The Labute approximate surface area is 123 Å². The minimum absolute atomic E-state index is 0.295. The molecule has 2 rings (SSSR count). The first kappa shape index (κ1) is 16.2. The van der Waals surface area contributed by atoms with Crippen molar-refractivity contribution in [2.75, 3.05) is 45.9 Å². The number of aliphatic hydroxyl groups excluding tert-OH is 1. The van der Waals surface area contributed by atoms with Crippen LogP contribution in [0.5, 0.6) is 0 Å². The molecule has 4 unspecified atom stereocenters. The van der Waals surface area contributed by atoms with E-state index in [1.54, 1.807) is 0 Å². The fourth-order valence-corrected chi connectivity index (χ4v) is 3.34. The fraction of sp³-hybridized carbons (Fsp3) is 1.00. The number of aliphatic hydroxyl groups is 1. The molecule has 2 aliphatic rings. The van der Waals surface area contributed by atoms with Crippen molar-refractivity contribution in [1.82, 2.24) is 20.9 Å². The summed E-state index contributed by atoms with van der Waals surface area (Å²) in [5.74, 6) is 0. The van der Waals surface area contributed by atoms with Crippen LogP contribution in [0.4, 0.5) is 0 Å². The summed E-state index contributed by atoms with van der Waals surface area (Å²) in [5.41, 5.74) is 0. The lowest BCUT2D eigenvalue weighted by Gasteiger charge is -2.38. The number of fused-ring (bicyclic) bond motifs is 2. The molecule has 20 heavy (non-hydrogen) atoms. The molecule has 2 saturated heterocycles. The van der Waals surface area contributed by atoms with Crippen molar-refractivity contribution in [1.29, 1.82) is 0 Å². The van der Waals surface area contributed by atoms with E-state index in [-0.39, 0.29) is 0 Å². The van der Waals surface area contributed by atoms with Crippen LogP contribution in [0.15, 0.2) is 0 Å². The Kier molecular flexibility index (Phi) is 7.24. The van der Waals surface area contributed by atoms with Gasteiger partial charge in [0.25, 0.3) is 0 Å². The van der Waals surface area contributed by atoms with Crippen molar-refractivity contribution in [2.24, 2.45) is 0 Å². The smallest absolute Gasteiger partial charge is 0.0586 e. The first-order valence-corrected chi connectivity index (χ1v) is 8.32. The van der Waals surface area contributed by atoms with Crippen LogP contribution < -0.4 is 16.0 Å². The predicted octanol–water partition coefficient (Wildman–Crippen LogP) is -0.237. The van der Waals surface area contributed by atoms with Crippen molar-refractivity contribution in [3.8, 4) is 0 Å². The quantitative estimate of drug-likeness (QED) is 0.536. The van der Waals surface area contributed by atoms with Gasteiger partial charge in [-0.05, 0) is 45.7 Å². The molecular weight excluding hydrogens is 252 g/mol. The monoisotopic (exact) mass is 284 g/mol. The predicted molar refractivity (Wildman–Crippen MR) is 83.0 cm³/mol. The standard InChI is InChI=1S/C15H32N4O/c1-13-10-16-7-8-18-14-4-3-9-19(11-14)15(12-20)5-2-6-17-13/h13-18,20H,2-12H2,1H3. The Hall–Kier alpha value is -0.200. The van der Waals surface area contributed by atoms with Gasteiger partial charge < -0.3 is 21.1 Å². The largest absolute Gasteiger partial charge is 0.395 e. The number of nitrogens with one attached hydrogen (secondary N) is 3. The maximum atomic E-state index is 9.67. The minimum Gasteiger partial charge on any atom is -0.395 e. The molecule has 118 valence electrons. The molecule has 0 radical (unpaired) electrons. The molecule has 5 nitrogen and oxygen atoms in total. The average molecular weight is 284 g/mol. The van der Waals surface area contributed by atoms with Gasteiger partial charge in [0.05, 0.1) is 6.61 Å². The van der Waals surface area contributed by atoms with Crippen molar-refractivity contribution in [3.63, 3.8) is 0 Å². The third kappa shape index (κ3) is 5.30. The van der Waals surface area contributed by atoms with E-state index in [0.717, 1.165) is 52.1 Å². The third-order valence-electron chi connectivity index (χ3n) is 4.57. The zero-order valence-electron chi connectivity index (χ0n) is 12.9. The summed E-state index contributed by atoms with van der Waals surface area (Å²) in [7, 11) is 0. The zero-order chi connectivity index (χ0) is 14.2. The van der Waals surface area contributed by atoms with Crippen molar-refractivity contribution < 1.29 is 5.11 Å². The van der Waals surface area contributed by atoms with Gasteiger partial charge in [-0.1, -0.05) is 0 Å². The Balaban J connectivity index is 1.88. The number of hydrogen-bond acceptors (Lipinski definition) is 5. The van der Waals surface area contributed by atoms with Crippen LogP contribution in [0.1, 0.15) is 32.6 Å². The highest BCUT2D eigenvalue weighted by atomic mass is 16.3. The van der Waals surface area contributed by atoms with E-state index in [1.165, 1.54) is 12.8 Å². The van der Waals surface area contributed by atoms with Crippen molar-refractivity contribution in [2.45, 2.75) is 50.7 Å². The second kappa shape index (κ2) is 8.95. The third-order valence-corrected chi connectivity index (χ3v) is 4.57. The molecule has 2 fully saturated rings. The van der Waals surface area contributed by atoms with E-state index in [1.807, 2.05) is 0 Å². The highest BCUT2D eigenvalue weighted by Gasteiger charge is 2.25. The van der Waals surface area contributed by atoms with Gasteiger partial charge in [-0.2, -0.15) is 0 Å². The van der Waals surface area contributed by atoms with Crippen LogP contribution >= 0.6 is 0 Å². The average Bonchev–Trinajstić information content (AvgIpc) is 2.46. The van der Waals surface area contributed by atoms with Gasteiger partial charge >= 0.3 is 0 Å². The Morgan fingerprint density at radius 2 is 2.00 bits per heavy atom. The summed E-state index contributed by atoms with van der Waals surface area (Å²) >= 11 is 0. The van der Waals surface area contributed by atoms with Gasteiger partial charge in [0.15, 0.2) is 0 Å². The number of rotatable bonds is 1. The van der Waals surface area contributed by atoms with E-state index in [2.05, 4.69) is 27.8 Å². The highest BCUT2D eigenvalue weighted by Crippen LogP contribution is 2.16. The normalized spacial score (nSPS) is 38.1. The second-order valence-corrected chi connectivity index (χ2v) is 6.33. The number of hydrogen-bond donors (Lipinski definition) is 4. The maximum Gasteiger partial charge on any atom is 0.0586 e. The van der Waals surface area contributed by atoms with Crippen LogP contribution in [-0.4, -0.2) is 74.0 Å². The number of nitrogens with zero attached hydrogens (tertiary/aromatic N) is 1. The molecule has 0 aromatic heterocycles. The van der Waals surface area contributed by atoms with Gasteiger partial charge in [0, 0.05) is 44.3 Å². The lowest BCUT2D eigenvalue weighted by atomic mass is 10.0. The van der Waals surface area contributed by atoms with Crippen LogP contribution in [0, 0.1) is 0 Å². The van der Waals surface area contributed by atoms with Gasteiger partial charge in [0.2, 0.25) is 0 Å². The fourth-order valence-electron chi connectivity index (χ4n) is 3.34. The lowest BCUT2D eigenvalue weighted by molar-refractivity contribution is 0.0825. The van der Waals surface area contributed by atoms with Gasteiger partial charge in [-0.15, -0.1) is 0 Å². The molecule has 2 bridgehead atoms. The maximum absolute atomic E-state index is 9.67. The molecule has 2 aliphatic heterocycles. The first-order chi connectivity index (χ1) is 9.79. The molecule has 2 heterocycles. The molecule has 0 aliphatic carbocycles. The van der Waals surface area contributed by atoms with Crippen molar-refractivity contribution in [3.05, 3.63) is 0 Å². The summed E-state index contributed by atoms with van der Waals surface area (Å²) in [4.78, 5) is 2.49. The summed E-state index contributed by atoms with van der Waals surface area (Å²) in [6.07, 6.45) is 4.75. The van der Waals surface area contributed by atoms with E-state index in [9.17, 15) is 5.11 Å².